The van der Waals surface area contributed by atoms with Gasteiger partial charge < -0.3 is 5.32 Å². The quantitative estimate of drug-likeness (QED) is 0.607. The van der Waals surface area contributed by atoms with E-state index in [0.717, 1.165) is 39.1 Å². The highest BCUT2D eigenvalue weighted by molar-refractivity contribution is 5.01. The molecular formula is C10H18N2. The number of hydrogen-bond acceptors (Lipinski definition) is 2. The fraction of sp³-hybridized carbons (Fsp3) is 0.800. The summed E-state index contributed by atoms with van der Waals surface area (Å²) in [5.74, 6) is 6.37. The molecule has 0 unspecified atom stereocenters. The Morgan fingerprint density at radius 1 is 1.25 bits per heavy atom. The van der Waals surface area contributed by atoms with Crippen LogP contribution in [-0.4, -0.2) is 37.6 Å². The molecule has 0 aromatic heterocycles. The van der Waals surface area contributed by atoms with Gasteiger partial charge in [0.2, 0.25) is 0 Å². The first kappa shape index (κ1) is 9.57. The Kier molecular flexibility index (Phi) is 4.82. The van der Waals surface area contributed by atoms with Crippen molar-refractivity contribution in [3.05, 3.63) is 0 Å². The van der Waals surface area contributed by atoms with Crippen molar-refractivity contribution in [1.82, 2.24) is 10.2 Å². The minimum atomic E-state index is 0.960. The molecule has 2 heteroatoms. The van der Waals surface area contributed by atoms with Crippen LogP contribution in [-0.2, 0) is 0 Å². The molecular weight excluding hydrogens is 148 g/mol. The Balaban J connectivity index is 2.09. The Labute approximate surface area is 75.3 Å². The van der Waals surface area contributed by atoms with Gasteiger partial charge in [-0.2, -0.15) is 0 Å². The standard InChI is InChI=1S/C10H18N2/c1-2-3-4-5-8-12-9-6-11-7-10-12/h11H,2-3,6-10H2,1H3. The molecule has 1 aliphatic rings. The Morgan fingerprint density at radius 3 is 2.67 bits per heavy atom. The van der Waals surface area contributed by atoms with Crippen molar-refractivity contribution in [3.63, 3.8) is 0 Å². The van der Waals surface area contributed by atoms with Crippen molar-refractivity contribution >= 4 is 0 Å². The topological polar surface area (TPSA) is 15.3 Å². The average molecular weight is 166 g/mol. The first-order chi connectivity index (χ1) is 5.93. The summed E-state index contributed by atoms with van der Waals surface area (Å²) in [6.45, 7) is 7.67. The van der Waals surface area contributed by atoms with Gasteiger partial charge in [-0.3, -0.25) is 4.90 Å². The zero-order chi connectivity index (χ0) is 8.65. The van der Waals surface area contributed by atoms with Crippen LogP contribution in [0.5, 0.6) is 0 Å². The molecule has 0 aromatic rings. The lowest BCUT2D eigenvalue weighted by Gasteiger charge is -2.24. The van der Waals surface area contributed by atoms with Crippen LogP contribution in [0.25, 0.3) is 0 Å². The monoisotopic (exact) mass is 166 g/mol. The van der Waals surface area contributed by atoms with Crippen LogP contribution in [0.3, 0.4) is 0 Å². The minimum Gasteiger partial charge on any atom is -0.314 e. The smallest absolute Gasteiger partial charge is 0.0602 e. The highest BCUT2D eigenvalue weighted by Gasteiger charge is 2.06. The minimum absolute atomic E-state index is 0.960. The zero-order valence-electron chi connectivity index (χ0n) is 7.90. The second-order valence-corrected chi connectivity index (χ2v) is 3.13. The highest BCUT2D eigenvalue weighted by Crippen LogP contribution is 1.90. The molecule has 68 valence electrons. The molecule has 0 atom stereocenters. The van der Waals surface area contributed by atoms with Gasteiger partial charge in [0.05, 0.1) is 6.54 Å². The van der Waals surface area contributed by atoms with Gasteiger partial charge in [0.1, 0.15) is 0 Å². The van der Waals surface area contributed by atoms with Crippen molar-refractivity contribution < 1.29 is 0 Å². The predicted octanol–water partition coefficient (Wildman–Crippen LogP) is 0.695. The molecule has 1 saturated heterocycles. The van der Waals surface area contributed by atoms with Gasteiger partial charge in [-0.1, -0.05) is 12.8 Å². The van der Waals surface area contributed by atoms with Crippen molar-refractivity contribution in [2.75, 3.05) is 32.7 Å². The van der Waals surface area contributed by atoms with E-state index in [2.05, 4.69) is 29.0 Å². The Morgan fingerprint density at radius 2 is 2.00 bits per heavy atom. The largest absolute Gasteiger partial charge is 0.314 e. The predicted molar refractivity (Wildman–Crippen MR) is 52.0 cm³/mol. The lowest BCUT2D eigenvalue weighted by Crippen LogP contribution is -2.43. The summed E-state index contributed by atoms with van der Waals surface area (Å²) in [6.07, 6.45) is 2.22. The summed E-state index contributed by atoms with van der Waals surface area (Å²) in [5.41, 5.74) is 0. The fourth-order valence-corrected chi connectivity index (χ4v) is 1.25. The number of nitrogens with zero attached hydrogens (tertiary/aromatic N) is 1. The van der Waals surface area contributed by atoms with E-state index in [0.29, 0.717) is 0 Å². The molecule has 0 radical (unpaired) electrons. The first-order valence-electron chi connectivity index (χ1n) is 4.82. The number of nitrogens with one attached hydrogen (secondary N) is 1. The maximum Gasteiger partial charge on any atom is 0.0602 e. The van der Waals surface area contributed by atoms with Crippen LogP contribution in [0, 0.1) is 11.8 Å². The van der Waals surface area contributed by atoms with Gasteiger partial charge in [0.25, 0.3) is 0 Å². The molecule has 1 aliphatic heterocycles. The highest BCUT2D eigenvalue weighted by atomic mass is 15.2. The lowest BCUT2D eigenvalue weighted by molar-refractivity contribution is 0.268. The second-order valence-electron chi connectivity index (χ2n) is 3.13. The van der Waals surface area contributed by atoms with Crippen LogP contribution in [0.4, 0.5) is 0 Å². The van der Waals surface area contributed by atoms with Crippen molar-refractivity contribution in [3.8, 4) is 11.8 Å². The number of rotatable bonds is 2. The number of piperazine rings is 1. The normalized spacial score (nSPS) is 18.4. The summed E-state index contributed by atoms with van der Waals surface area (Å²) in [6, 6.07) is 0. The van der Waals surface area contributed by atoms with Gasteiger partial charge in [-0.05, 0) is 6.42 Å². The van der Waals surface area contributed by atoms with Crippen molar-refractivity contribution in [2.45, 2.75) is 19.8 Å². The van der Waals surface area contributed by atoms with E-state index in [-0.39, 0.29) is 0 Å². The summed E-state index contributed by atoms with van der Waals surface area (Å²) < 4.78 is 0. The third-order valence-electron chi connectivity index (χ3n) is 2.01. The molecule has 1 N–H and O–H groups in total. The zero-order valence-corrected chi connectivity index (χ0v) is 7.90. The molecule has 2 nitrogen and oxygen atoms in total. The van der Waals surface area contributed by atoms with Crippen LogP contribution in [0.2, 0.25) is 0 Å². The van der Waals surface area contributed by atoms with E-state index in [9.17, 15) is 0 Å². The van der Waals surface area contributed by atoms with Crippen LogP contribution in [0.15, 0.2) is 0 Å². The van der Waals surface area contributed by atoms with E-state index in [1.807, 2.05) is 0 Å². The van der Waals surface area contributed by atoms with Gasteiger partial charge in [-0.15, -0.1) is 5.92 Å². The van der Waals surface area contributed by atoms with Crippen LogP contribution < -0.4 is 5.32 Å². The summed E-state index contributed by atoms with van der Waals surface area (Å²) in [7, 11) is 0. The molecule has 0 saturated carbocycles. The molecule has 12 heavy (non-hydrogen) atoms. The molecule has 0 amide bonds. The van der Waals surface area contributed by atoms with E-state index in [4.69, 9.17) is 0 Å². The lowest BCUT2D eigenvalue weighted by atomic mass is 10.3. The Hall–Kier alpha value is -0.520. The SMILES string of the molecule is CCCC#CCN1CCNCC1. The van der Waals surface area contributed by atoms with Crippen LogP contribution in [0.1, 0.15) is 19.8 Å². The molecule has 0 spiro atoms. The third-order valence-corrected chi connectivity index (χ3v) is 2.01. The number of hydrogen-bond donors (Lipinski definition) is 1. The van der Waals surface area contributed by atoms with Gasteiger partial charge in [-0.25, -0.2) is 0 Å². The molecule has 0 aliphatic carbocycles. The molecule has 0 bridgehead atoms. The van der Waals surface area contributed by atoms with Gasteiger partial charge in [0.15, 0.2) is 0 Å². The molecule has 0 aromatic carbocycles. The summed E-state index contributed by atoms with van der Waals surface area (Å²) >= 11 is 0. The third kappa shape index (κ3) is 3.75. The Bertz CT molecular complexity index is 160. The molecule has 1 fully saturated rings. The second kappa shape index (κ2) is 6.05. The van der Waals surface area contributed by atoms with Crippen molar-refractivity contribution in [2.24, 2.45) is 0 Å². The number of unbranched alkanes of at least 4 members (excludes halogenated alkanes) is 1. The summed E-state index contributed by atoms with van der Waals surface area (Å²) in [4.78, 5) is 2.40. The molecule has 1 rings (SSSR count). The fourth-order valence-electron chi connectivity index (χ4n) is 1.25. The van der Waals surface area contributed by atoms with Crippen molar-refractivity contribution in [1.29, 1.82) is 0 Å². The maximum atomic E-state index is 3.33. The first-order valence-corrected chi connectivity index (χ1v) is 4.82. The molecule has 1 heterocycles. The van der Waals surface area contributed by atoms with E-state index in [1.54, 1.807) is 0 Å². The summed E-state index contributed by atoms with van der Waals surface area (Å²) in [5, 5.41) is 3.33. The van der Waals surface area contributed by atoms with E-state index >= 15 is 0 Å². The van der Waals surface area contributed by atoms with E-state index < -0.39 is 0 Å². The van der Waals surface area contributed by atoms with E-state index in [1.165, 1.54) is 6.42 Å². The van der Waals surface area contributed by atoms with Gasteiger partial charge >= 0.3 is 0 Å². The maximum absolute atomic E-state index is 3.33. The van der Waals surface area contributed by atoms with Crippen LogP contribution >= 0.6 is 0 Å². The van der Waals surface area contributed by atoms with Gasteiger partial charge in [0, 0.05) is 32.6 Å². The average Bonchev–Trinajstić information content (AvgIpc) is 2.14.